The number of halogens is 2. The maximum Gasteiger partial charge on any atom is 0.0417 e. The minimum atomic E-state index is -0.0420. The van der Waals surface area contributed by atoms with Crippen LogP contribution in [0.1, 0.15) is 17.2 Å². The van der Waals surface area contributed by atoms with E-state index in [0.29, 0.717) is 5.02 Å². The fraction of sp³-hybridized carbons (Fsp3) is 0.125. The normalized spacial score (nSPS) is 12.8. The quantitative estimate of drug-likeness (QED) is 0.645. The topological polar surface area (TPSA) is 26.0 Å². The molecule has 0 aliphatic carbocycles. The van der Waals surface area contributed by atoms with Crippen molar-refractivity contribution >= 4 is 49.0 Å². The number of hydrogen-bond acceptors (Lipinski definition) is 2. The molecule has 3 aromatic rings. The molecule has 1 aromatic heterocycles. The van der Waals surface area contributed by atoms with Crippen molar-refractivity contribution in [2.45, 2.75) is 12.5 Å². The Kier molecular flexibility index (Phi) is 4.13. The summed E-state index contributed by atoms with van der Waals surface area (Å²) in [5.74, 6) is 0. The van der Waals surface area contributed by atoms with Gasteiger partial charge in [0.05, 0.1) is 0 Å². The van der Waals surface area contributed by atoms with E-state index in [2.05, 4.69) is 45.6 Å². The van der Waals surface area contributed by atoms with Crippen molar-refractivity contribution in [2.24, 2.45) is 5.73 Å². The summed E-state index contributed by atoms with van der Waals surface area (Å²) in [6.45, 7) is 0. The Morgan fingerprint density at radius 1 is 1.20 bits per heavy atom. The third-order valence-electron chi connectivity index (χ3n) is 3.36. The molecule has 0 aliphatic heterocycles. The first-order chi connectivity index (χ1) is 9.65. The highest BCUT2D eigenvalue weighted by Crippen LogP contribution is 2.31. The number of thiophene rings is 1. The lowest BCUT2D eigenvalue weighted by atomic mass is 9.99. The van der Waals surface area contributed by atoms with Crippen molar-refractivity contribution in [3.05, 3.63) is 68.5 Å². The van der Waals surface area contributed by atoms with Gasteiger partial charge in [-0.1, -0.05) is 51.8 Å². The van der Waals surface area contributed by atoms with Crippen molar-refractivity contribution in [3.63, 3.8) is 0 Å². The lowest BCUT2D eigenvalue weighted by molar-refractivity contribution is 0.723. The highest BCUT2D eigenvalue weighted by atomic mass is 79.9. The number of fused-ring (bicyclic) bond motifs is 1. The molecule has 1 heterocycles. The molecular formula is C16H13BrClNS. The van der Waals surface area contributed by atoms with Crippen LogP contribution < -0.4 is 5.73 Å². The first-order valence-electron chi connectivity index (χ1n) is 6.31. The van der Waals surface area contributed by atoms with Gasteiger partial charge in [0.1, 0.15) is 0 Å². The van der Waals surface area contributed by atoms with Crippen LogP contribution in [0, 0.1) is 0 Å². The zero-order chi connectivity index (χ0) is 14.1. The summed E-state index contributed by atoms with van der Waals surface area (Å²) in [5, 5.41) is 4.22. The Balaban J connectivity index is 1.90. The highest BCUT2D eigenvalue weighted by Gasteiger charge is 2.13. The smallest absolute Gasteiger partial charge is 0.0417 e. The van der Waals surface area contributed by atoms with Crippen LogP contribution in [-0.4, -0.2) is 0 Å². The van der Waals surface area contributed by atoms with Gasteiger partial charge in [0.2, 0.25) is 0 Å². The van der Waals surface area contributed by atoms with E-state index in [1.807, 2.05) is 18.2 Å². The molecule has 2 aromatic carbocycles. The average Bonchev–Trinajstić information content (AvgIpc) is 2.82. The van der Waals surface area contributed by atoms with Gasteiger partial charge in [0.25, 0.3) is 0 Å². The molecule has 102 valence electrons. The fourth-order valence-electron chi connectivity index (χ4n) is 2.34. The zero-order valence-corrected chi connectivity index (χ0v) is 13.8. The standard InChI is InChI=1S/C16H13BrClNS/c17-14-8-11(18)5-6-13(14)15(19)7-10-9-20-16-4-2-1-3-12(10)16/h1-6,8-9,15H,7,19H2. The lowest BCUT2D eigenvalue weighted by Gasteiger charge is -2.14. The summed E-state index contributed by atoms with van der Waals surface area (Å²) >= 11 is 11.3. The highest BCUT2D eigenvalue weighted by molar-refractivity contribution is 9.10. The minimum absolute atomic E-state index is 0.0420. The second kappa shape index (κ2) is 5.86. The predicted octanol–water partition coefficient (Wildman–Crippen LogP) is 5.56. The van der Waals surface area contributed by atoms with E-state index >= 15 is 0 Å². The first-order valence-corrected chi connectivity index (χ1v) is 8.36. The predicted molar refractivity (Wildman–Crippen MR) is 91.6 cm³/mol. The van der Waals surface area contributed by atoms with Gasteiger partial charge in [-0.05, 0) is 46.5 Å². The van der Waals surface area contributed by atoms with Gasteiger partial charge >= 0.3 is 0 Å². The SMILES string of the molecule is NC(Cc1csc2ccccc12)c1ccc(Cl)cc1Br. The van der Waals surface area contributed by atoms with E-state index in [1.165, 1.54) is 15.6 Å². The maximum absolute atomic E-state index is 6.36. The van der Waals surface area contributed by atoms with Crippen LogP contribution in [0.25, 0.3) is 10.1 Å². The molecule has 0 amide bonds. The summed E-state index contributed by atoms with van der Waals surface area (Å²) in [6, 6.07) is 14.2. The van der Waals surface area contributed by atoms with Gasteiger partial charge in [-0.3, -0.25) is 0 Å². The average molecular weight is 367 g/mol. The monoisotopic (exact) mass is 365 g/mol. The number of benzene rings is 2. The molecule has 0 saturated carbocycles. The lowest BCUT2D eigenvalue weighted by Crippen LogP contribution is -2.13. The molecule has 0 fully saturated rings. The van der Waals surface area contributed by atoms with Gasteiger partial charge in [-0.15, -0.1) is 11.3 Å². The van der Waals surface area contributed by atoms with E-state index in [9.17, 15) is 0 Å². The van der Waals surface area contributed by atoms with Crippen LogP contribution in [0.5, 0.6) is 0 Å². The van der Waals surface area contributed by atoms with Crippen molar-refractivity contribution in [3.8, 4) is 0 Å². The summed E-state index contributed by atoms with van der Waals surface area (Å²) in [5.41, 5.74) is 8.75. The van der Waals surface area contributed by atoms with Gasteiger partial charge in [0.15, 0.2) is 0 Å². The zero-order valence-electron chi connectivity index (χ0n) is 10.6. The number of rotatable bonds is 3. The van der Waals surface area contributed by atoms with Gasteiger partial charge in [-0.25, -0.2) is 0 Å². The van der Waals surface area contributed by atoms with Gasteiger partial charge < -0.3 is 5.73 Å². The summed E-state index contributed by atoms with van der Waals surface area (Å²) in [7, 11) is 0. The largest absolute Gasteiger partial charge is 0.324 e. The van der Waals surface area contributed by atoms with E-state index in [0.717, 1.165) is 16.5 Å². The Morgan fingerprint density at radius 2 is 2.00 bits per heavy atom. The van der Waals surface area contributed by atoms with E-state index < -0.39 is 0 Å². The van der Waals surface area contributed by atoms with Crippen molar-refractivity contribution in [2.75, 3.05) is 0 Å². The molecule has 2 N–H and O–H groups in total. The maximum atomic E-state index is 6.36. The summed E-state index contributed by atoms with van der Waals surface area (Å²) < 4.78 is 2.28. The molecule has 0 aliphatic rings. The van der Waals surface area contributed by atoms with Gasteiger partial charge in [0, 0.05) is 20.2 Å². The minimum Gasteiger partial charge on any atom is -0.324 e. The van der Waals surface area contributed by atoms with Crippen molar-refractivity contribution in [1.29, 1.82) is 0 Å². The fourth-order valence-corrected chi connectivity index (χ4v) is 4.29. The molecule has 0 radical (unpaired) electrons. The Bertz CT molecular complexity index is 753. The summed E-state index contributed by atoms with van der Waals surface area (Å²) in [4.78, 5) is 0. The van der Waals surface area contributed by atoms with E-state index in [-0.39, 0.29) is 6.04 Å². The van der Waals surface area contributed by atoms with Crippen LogP contribution >= 0.6 is 38.9 Å². The number of hydrogen-bond donors (Lipinski definition) is 1. The Morgan fingerprint density at radius 3 is 2.80 bits per heavy atom. The van der Waals surface area contributed by atoms with Crippen LogP contribution in [0.3, 0.4) is 0 Å². The van der Waals surface area contributed by atoms with Gasteiger partial charge in [-0.2, -0.15) is 0 Å². The molecule has 20 heavy (non-hydrogen) atoms. The number of nitrogens with two attached hydrogens (primary N) is 1. The van der Waals surface area contributed by atoms with Crippen LogP contribution in [-0.2, 0) is 6.42 Å². The molecule has 1 nitrogen and oxygen atoms in total. The van der Waals surface area contributed by atoms with E-state index in [1.54, 1.807) is 11.3 Å². The second-order valence-corrected chi connectivity index (χ2v) is 6.94. The molecule has 1 atom stereocenters. The van der Waals surface area contributed by atoms with Crippen LogP contribution in [0.4, 0.5) is 0 Å². The molecule has 0 bridgehead atoms. The molecule has 1 unspecified atom stereocenters. The first kappa shape index (κ1) is 14.1. The van der Waals surface area contributed by atoms with E-state index in [4.69, 9.17) is 17.3 Å². The van der Waals surface area contributed by atoms with Crippen LogP contribution in [0.2, 0.25) is 5.02 Å². The third-order valence-corrected chi connectivity index (χ3v) is 5.30. The molecule has 3 rings (SSSR count). The van der Waals surface area contributed by atoms with Crippen LogP contribution in [0.15, 0.2) is 52.3 Å². The molecule has 4 heteroatoms. The second-order valence-electron chi connectivity index (χ2n) is 4.73. The summed E-state index contributed by atoms with van der Waals surface area (Å²) in [6.07, 6.45) is 0.824. The Hall–Kier alpha value is -0.870. The molecule has 0 saturated heterocycles. The van der Waals surface area contributed by atoms with Crippen molar-refractivity contribution < 1.29 is 0 Å². The molecule has 0 spiro atoms. The Labute approximate surface area is 135 Å². The third kappa shape index (κ3) is 2.77. The molecular weight excluding hydrogens is 354 g/mol. The van der Waals surface area contributed by atoms with Crippen molar-refractivity contribution in [1.82, 2.24) is 0 Å².